The molecule has 2 aliphatic carbocycles. The van der Waals surface area contributed by atoms with Crippen LogP contribution in [0.15, 0.2) is 0 Å². The highest BCUT2D eigenvalue weighted by molar-refractivity contribution is 7.17. The molecule has 4 nitrogen and oxygen atoms in total. The topological polar surface area (TPSA) is 59.1 Å². The highest BCUT2D eigenvalue weighted by Crippen LogP contribution is 2.53. The molecule has 1 saturated carbocycles. The number of halogens is 3. The second-order valence-electron chi connectivity index (χ2n) is 5.46. The molecule has 1 fully saturated rings. The van der Waals surface area contributed by atoms with Gasteiger partial charge < -0.3 is 5.32 Å². The van der Waals surface area contributed by atoms with E-state index < -0.39 is 17.5 Å². The van der Waals surface area contributed by atoms with Gasteiger partial charge >= 0.3 is 6.18 Å². The molecular weight excluding hydrogens is 305 g/mol. The third kappa shape index (κ3) is 2.25. The van der Waals surface area contributed by atoms with Gasteiger partial charge in [-0.05, 0) is 25.7 Å². The van der Waals surface area contributed by atoms with E-state index >= 15 is 0 Å². The van der Waals surface area contributed by atoms with Crippen LogP contribution in [0.4, 0.5) is 18.3 Å². The number of amides is 1. The van der Waals surface area contributed by atoms with Crippen molar-refractivity contribution in [2.45, 2.75) is 44.7 Å². The predicted octanol–water partition coefficient (Wildman–Crippen LogP) is 3.33. The summed E-state index contributed by atoms with van der Waals surface area (Å²) in [5, 5.41) is 2.36. The lowest BCUT2D eigenvalue weighted by Gasteiger charge is -2.40. The van der Waals surface area contributed by atoms with E-state index in [0.29, 0.717) is 36.3 Å². The molecule has 0 bridgehead atoms. The van der Waals surface area contributed by atoms with Gasteiger partial charge in [-0.1, -0.05) is 17.8 Å². The monoisotopic (exact) mass is 318 g/mol. The lowest BCUT2D eigenvalue weighted by atomic mass is 9.67. The molecule has 0 atom stereocenters. The smallest absolute Gasteiger partial charge is 0.301 e. The third-order valence-electron chi connectivity index (χ3n) is 4.17. The zero-order chi connectivity index (χ0) is 15.3. The Kier molecular flexibility index (Phi) is 3.31. The Morgan fingerprint density at radius 2 is 1.95 bits per heavy atom. The number of aromatic nitrogens is 1. The lowest BCUT2D eigenvalue weighted by Crippen LogP contribution is -2.52. The van der Waals surface area contributed by atoms with Crippen LogP contribution in [0.25, 0.3) is 0 Å². The van der Waals surface area contributed by atoms with Crippen molar-refractivity contribution in [3.63, 3.8) is 0 Å². The average molecular weight is 318 g/mol. The van der Waals surface area contributed by atoms with E-state index in [2.05, 4.69) is 10.3 Å². The molecule has 1 aromatic heterocycles. The SMILES string of the molecule is O=C1CCCc2nc(NC(=O)C3(C(F)(F)F)CCC3)sc21. The van der Waals surface area contributed by atoms with Crippen molar-refractivity contribution in [2.75, 3.05) is 5.32 Å². The quantitative estimate of drug-likeness (QED) is 0.910. The van der Waals surface area contributed by atoms with Crippen molar-refractivity contribution in [2.24, 2.45) is 5.41 Å². The molecule has 1 aromatic rings. The van der Waals surface area contributed by atoms with Gasteiger partial charge in [0.15, 0.2) is 10.9 Å². The first kappa shape index (κ1) is 14.5. The number of anilines is 1. The molecule has 1 N–H and O–H groups in total. The molecule has 1 amide bonds. The standard InChI is InChI=1S/C13H13F3N2O2S/c14-13(15,16)12(5-2-6-12)10(20)18-11-17-7-3-1-4-8(19)9(7)21-11/h1-6H2,(H,17,18,20). The fraction of sp³-hybridized carbons (Fsp3) is 0.615. The highest BCUT2D eigenvalue weighted by atomic mass is 32.1. The molecule has 114 valence electrons. The normalized spacial score (nSPS) is 20.6. The van der Waals surface area contributed by atoms with E-state index in [9.17, 15) is 22.8 Å². The van der Waals surface area contributed by atoms with Crippen molar-refractivity contribution in [3.05, 3.63) is 10.6 Å². The molecule has 2 aliphatic rings. The van der Waals surface area contributed by atoms with E-state index in [4.69, 9.17) is 0 Å². The predicted molar refractivity (Wildman–Crippen MR) is 70.4 cm³/mol. The molecule has 21 heavy (non-hydrogen) atoms. The van der Waals surface area contributed by atoms with Gasteiger partial charge in [0.05, 0.1) is 10.6 Å². The fourth-order valence-electron chi connectivity index (χ4n) is 2.71. The number of ketones is 1. The van der Waals surface area contributed by atoms with Gasteiger partial charge in [-0.2, -0.15) is 13.2 Å². The van der Waals surface area contributed by atoms with E-state index in [-0.39, 0.29) is 23.8 Å². The second-order valence-corrected chi connectivity index (χ2v) is 6.46. The minimum absolute atomic E-state index is 0.0524. The van der Waals surface area contributed by atoms with Gasteiger partial charge in [0.25, 0.3) is 0 Å². The van der Waals surface area contributed by atoms with Crippen LogP contribution in [0.2, 0.25) is 0 Å². The maximum atomic E-state index is 13.1. The van der Waals surface area contributed by atoms with E-state index in [1.165, 1.54) is 0 Å². The number of carbonyl (C=O) groups excluding carboxylic acids is 2. The van der Waals surface area contributed by atoms with Gasteiger partial charge in [-0.3, -0.25) is 9.59 Å². The summed E-state index contributed by atoms with van der Waals surface area (Å²) in [6, 6.07) is 0. The summed E-state index contributed by atoms with van der Waals surface area (Å²) in [6.45, 7) is 0. The molecule has 8 heteroatoms. The van der Waals surface area contributed by atoms with Crippen LogP contribution >= 0.6 is 11.3 Å². The van der Waals surface area contributed by atoms with Crippen LogP contribution in [0.5, 0.6) is 0 Å². The number of carbonyl (C=O) groups is 2. The Hall–Kier alpha value is -1.44. The first-order chi connectivity index (χ1) is 9.83. The zero-order valence-electron chi connectivity index (χ0n) is 11.0. The number of nitrogens with one attached hydrogen (secondary N) is 1. The number of alkyl halides is 3. The largest absolute Gasteiger partial charge is 0.403 e. The maximum Gasteiger partial charge on any atom is 0.403 e. The molecule has 3 rings (SSSR count). The van der Waals surface area contributed by atoms with Crippen LogP contribution in [0.3, 0.4) is 0 Å². The van der Waals surface area contributed by atoms with Crippen LogP contribution in [-0.4, -0.2) is 22.9 Å². The molecule has 0 aromatic carbocycles. The Bertz CT molecular complexity index is 605. The molecule has 0 spiro atoms. The minimum atomic E-state index is -4.55. The second kappa shape index (κ2) is 4.79. The molecule has 0 aliphatic heterocycles. The van der Waals surface area contributed by atoms with Crippen LogP contribution < -0.4 is 5.32 Å². The Labute approximate surface area is 122 Å². The van der Waals surface area contributed by atoms with E-state index in [0.717, 1.165) is 11.3 Å². The number of fused-ring (bicyclic) bond motifs is 1. The molecule has 0 saturated heterocycles. The summed E-state index contributed by atoms with van der Waals surface area (Å²) in [5.74, 6) is -1.11. The Morgan fingerprint density at radius 3 is 2.48 bits per heavy atom. The summed E-state index contributed by atoms with van der Waals surface area (Å²) >= 11 is 0.973. The number of nitrogens with zero attached hydrogens (tertiary/aromatic N) is 1. The number of aryl methyl sites for hydroxylation is 1. The number of Topliss-reactive ketones (excluding diaryl/α,β-unsaturated/α-hetero) is 1. The van der Waals surface area contributed by atoms with Crippen molar-refractivity contribution in [3.8, 4) is 0 Å². The van der Waals surface area contributed by atoms with Crippen molar-refractivity contribution >= 4 is 28.2 Å². The average Bonchev–Trinajstić information content (AvgIpc) is 2.69. The van der Waals surface area contributed by atoms with Crippen molar-refractivity contribution < 1.29 is 22.8 Å². The molecule has 0 unspecified atom stereocenters. The van der Waals surface area contributed by atoms with Crippen LogP contribution in [0, 0.1) is 5.41 Å². The summed E-state index contributed by atoms with van der Waals surface area (Å²) in [5.41, 5.74) is -1.70. The van der Waals surface area contributed by atoms with Crippen LogP contribution in [0.1, 0.15) is 47.5 Å². The van der Waals surface area contributed by atoms with Crippen molar-refractivity contribution in [1.29, 1.82) is 0 Å². The minimum Gasteiger partial charge on any atom is -0.301 e. The first-order valence-electron chi connectivity index (χ1n) is 6.74. The summed E-state index contributed by atoms with van der Waals surface area (Å²) in [4.78, 5) is 28.3. The first-order valence-corrected chi connectivity index (χ1v) is 7.56. The maximum absolute atomic E-state index is 13.1. The fourth-order valence-corrected chi connectivity index (χ4v) is 3.68. The zero-order valence-corrected chi connectivity index (χ0v) is 11.9. The number of rotatable bonds is 2. The lowest BCUT2D eigenvalue weighted by molar-refractivity contribution is -0.240. The number of thiazole rings is 1. The number of hydrogen-bond acceptors (Lipinski definition) is 4. The van der Waals surface area contributed by atoms with Gasteiger partial charge in [-0.15, -0.1) is 0 Å². The van der Waals surface area contributed by atoms with Crippen LogP contribution in [-0.2, 0) is 11.2 Å². The van der Waals surface area contributed by atoms with E-state index in [1.54, 1.807) is 0 Å². The van der Waals surface area contributed by atoms with Gasteiger partial charge in [0, 0.05) is 6.42 Å². The summed E-state index contributed by atoms with van der Waals surface area (Å²) in [6.07, 6.45) is -2.80. The summed E-state index contributed by atoms with van der Waals surface area (Å²) in [7, 11) is 0. The number of hydrogen-bond donors (Lipinski definition) is 1. The molecule has 1 heterocycles. The Morgan fingerprint density at radius 1 is 1.24 bits per heavy atom. The van der Waals surface area contributed by atoms with Gasteiger partial charge in [0.1, 0.15) is 5.41 Å². The van der Waals surface area contributed by atoms with Gasteiger partial charge in [-0.25, -0.2) is 4.98 Å². The van der Waals surface area contributed by atoms with Crippen molar-refractivity contribution in [1.82, 2.24) is 4.98 Å². The molecular formula is C13H13F3N2O2S. The molecule has 0 radical (unpaired) electrons. The summed E-state index contributed by atoms with van der Waals surface area (Å²) < 4.78 is 39.2. The third-order valence-corrected chi connectivity index (χ3v) is 5.23. The Balaban J connectivity index is 1.81. The van der Waals surface area contributed by atoms with Gasteiger partial charge in [0.2, 0.25) is 5.91 Å². The van der Waals surface area contributed by atoms with E-state index in [1.807, 2.05) is 0 Å². The highest BCUT2D eigenvalue weighted by Gasteiger charge is 2.63.